The zero-order valence-electron chi connectivity index (χ0n) is 15.2. The molecule has 5 heteroatoms. The quantitative estimate of drug-likeness (QED) is 0.847. The minimum absolute atomic E-state index is 0.122. The molecule has 1 aromatic rings. The lowest BCUT2D eigenvalue weighted by atomic mass is 9.79. The molecule has 0 saturated carbocycles. The summed E-state index contributed by atoms with van der Waals surface area (Å²) in [5, 5.41) is 9.98. The fourth-order valence-corrected chi connectivity index (χ4v) is 4.35. The Morgan fingerprint density at radius 1 is 0.958 bits per heavy atom. The van der Waals surface area contributed by atoms with Crippen molar-refractivity contribution in [1.29, 1.82) is 0 Å². The lowest BCUT2D eigenvalue weighted by molar-refractivity contribution is 0.00578. The summed E-state index contributed by atoms with van der Waals surface area (Å²) in [4.78, 5) is 2.51. The monoisotopic (exact) mass is 329 g/mol. The van der Waals surface area contributed by atoms with E-state index < -0.39 is 0 Å². The predicted molar refractivity (Wildman–Crippen MR) is 96.7 cm³/mol. The van der Waals surface area contributed by atoms with Gasteiger partial charge in [0.2, 0.25) is 0 Å². The Morgan fingerprint density at radius 2 is 1.46 bits per heavy atom. The first-order valence-electron chi connectivity index (χ1n) is 9.19. The van der Waals surface area contributed by atoms with Crippen LogP contribution in [0.1, 0.15) is 53.4 Å². The Hall–Kier alpha value is -1.04. The Bertz CT molecular complexity index is 586. The summed E-state index contributed by atoms with van der Waals surface area (Å²) in [7, 11) is -0.302. The van der Waals surface area contributed by atoms with Gasteiger partial charge in [0.25, 0.3) is 0 Å². The summed E-state index contributed by atoms with van der Waals surface area (Å²) in [5.41, 5.74) is 1.72. The minimum atomic E-state index is -0.307. The zero-order valence-corrected chi connectivity index (χ0v) is 15.2. The van der Waals surface area contributed by atoms with Crippen LogP contribution in [0.4, 0.5) is 5.69 Å². The zero-order chi connectivity index (χ0) is 17.1. The number of piperidine rings is 1. The highest BCUT2D eigenvalue weighted by Gasteiger charge is 2.51. The van der Waals surface area contributed by atoms with E-state index in [-0.39, 0.29) is 24.4 Å². The number of nitrogens with zero attached hydrogens (tertiary/aromatic N) is 1. The number of hydrogen-bond acceptors (Lipinski definition) is 4. The molecule has 2 bridgehead atoms. The lowest BCUT2D eigenvalue weighted by Crippen LogP contribution is -2.45. The Kier molecular flexibility index (Phi) is 3.75. The molecule has 1 aromatic carbocycles. The molecule has 0 amide bonds. The van der Waals surface area contributed by atoms with Crippen LogP contribution in [-0.2, 0) is 9.31 Å². The van der Waals surface area contributed by atoms with E-state index in [9.17, 15) is 5.11 Å². The number of rotatable bonds is 2. The fourth-order valence-electron chi connectivity index (χ4n) is 4.35. The number of benzene rings is 1. The normalized spacial score (nSPS) is 34.0. The third-order valence-corrected chi connectivity index (χ3v) is 6.42. The van der Waals surface area contributed by atoms with Crippen molar-refractivity contribution >= 4 is 18.3 Å². The van der Waals surface area contributed by atoms with E-state index in [1.54, 1.807) is 0 Å². The number of aliphatic hydroxyl groups is 1. The smallest absolute Gasteiger partial charge is 0.399 e. The van der Waals surface area contributed by atoms with E-state index in [1.165, 1.54) is 18.5 Å². The van der Waals surface area contributed by atoms with Gasteiger partial charge >= 0.3 is 7.12 Å². The van der Waals surface area contributed by atoms with Crippen LogP contribution in [0, 0.1) is 0 Å². The molecule has 4 nitrogen and oxygen atoms in total. The fraction of sp³-hybridized carbons (Fsp3) is 0.684. The number of hydrogen-bond donors (Lipinski definition) is 1. The summed E-state index contributed by atoms with van der Waals surface area (Å²) < 4.78 is 12.3. The second-order valence-corrected chi connectivity index (χ2v) is 8.60. The van der Waals surface area contributed by atoms with Gasteiger partial charge in [-0.3, -0.25) is 0 Å². The van der Waals surface area contributed by atoms with Crippen molar-refractivity contribution in [1.82, 2.24) is 0 Å². The van der Waals surface area contributed by atoms with Crippen molar-refractivity contribution in [3.8, 4) is 0 Å². The molecule has 0 spiro atoms. The van der Waals surface area contributed by atoms with Crippen LogP contribution in [-0.4, -0.2) is 41.6 Å². The summed E-state index contributed by atoms with van der Waals surface area (Å²) in [6.45, 7) is 8.33. The predicted octanol–water partition coefficient (Wildman–Crippen LogP) is 2.48. The van der Waals surface area contributed by atoms with Gasteiger partial charge in [-0.05, 0) is 71.0 Å². The molecular weight excluding hydrogens is 301 g/mol. The van der Waals surface area contributed by atoms with Gasteiger partial charge in [-0.1, -0.05) is 12.1 Å². The van der Waals surface area contributed by atoms with Crippen molar-refractivity contribution in [2.75, 3.05) is 4.90 Å². The molecule has 3 heterocycles. The van der Waals surface area contributed by atoms with Crippen LogP contribution in [0.25, 0.3) is 0 Å². The maximum absolute atomic E-state index is 9.98. The SMILES string of the molecule is CC1(C)OB(c2ccc(N3[C@@H]4CC[C@H]3C[C@@H](O)C4)cc2)OC1(C)C. The number of aliphatic hydroxyl groups excluding tert-OH is 1. The average Bonchev–Trinajstić information content (AvgIpc) is 2.89. The summed E-state index contributed by atoms with van der Waals surface area (Å²) in [6.07, 6.45) is 4.06. The van der Waals surface area contributed by atoms with Gasteiger partial charge in [-0.15, -0.1) is 0 Å². The minimum Gasteiger partial charge on any atom is -0.399 e. The van der Waals surface area contributed by atoms with E-state index in [4.69, 9.17) is 9.31 Å². The van der Waals surface area contributed by atoms with Crippen LogP contribution in [0.3, 0.4) is 0 Å². The summed E-state index contributed by atoms with van der Waals surface area (Å²) in [6, 6.07) is 9.60. The Morgan fingerprint density at radius 3 is 1.96 bits per heavy atom. The maximum Gasteiger partial charge on any atom is 0.494 e. The highest BCUT2D eigenvalue weighted by atomic mass is 16.7. The topological polar surface area (TPSA) is 41.9 Å². The number of anilines is 1. The first-order valence-corrected chi connectivity index (χ1v) is 9.19. The van der Waals surface area contributed by atoms with Crippen molar-refractivity contribution in [2.24, 2.45) is 0 Å². The van der Waals surface area contributed by atoms with Gasteiger partial charge in [0.15, 0.2) is 0 Å². The van der Waals surface area contributed by atoms with Crippen molar-refractivity contribution in [3.63, 3.8) is 0 Å². The molecule has 130 valence electrons. The molecule has 0 aliphatic carbocycles. The van der Waals surface area contributed by atoms with Crippen LogP contribution in [0.2, 0.25) is 0 Å². The van der Waals surface area contributed by atoms with Crippen LogP contribution < -0.4 is 10.4 Å². The van der Waals surface area contributed by atoms with Crippen molar-refractivity contribution in [2.45, 2.75) is 82.8 Å². The maximum atomic E-state index is 9.98. The molecule has 0 unspecified atom stereocenters. The standard InChI is InChI=1S/C19H28BNO3/c1-18(2)19(3,4)24-20(23-18)13-5-7-14(8-6-13)21-15-9-10-16(21)12-17(22)11-15/h5-8,15-17,22H,9-12H2,1-4H3/t15-,16+,17+. The third-order valence-electron chi connectivity index (χ3n) is 6.42. The molecule has 3 aliphatic rings. The summed E-state index contributed by atoms with van der Waals surface area (Å²) >= 11 is 0. The molecule has 3 fully saturated rings. The van der Waals surface area contributed by atoms with Gasteiger partial charge in [-0.25, -0.2) is 0 Å². The first kappa shape index (κ1) is 16.4. The first-order chi connectivity index (χ1) is 11.3. The molecule has 0 aromatic heterocycles. The Labute approximate surface area is 145 Å². The second kappa shape index (κ2) is 5.48. The summed E-state index contributed by atoms with van der Waals surface area (Å²) in [5.74, 6) is 0. The third kappa shape index (κ3) is 2.58. The van der Waals surface area contributed by atoms with Gasteiger partial charge < -0.3 is 19.3 Å². The molecular formula is C19H28BNO3. The van der Waals surface area contributed by atoms with Gasteiger partial charge in [0.1, 0.15) is 0 Å². The second-order valence-electron chi connectivity index (χ2n) is 8.60. The molecule has 1 N–H and O–H groups in total. The molecule has 0 radical (unpaired) electrons. The largest absolute Gasteiger partial charge is 0.494 e. The number of fused-ring (bicyclic) bond motifs is 2. The van der Waals surface area contributed by atoms with E-state index in [0.29, 0.717) is 12.1 Å². The van der Waals surface area contributed by atoms with Gasteiger partial charge in [0.05, 0.1) is 17.3 Å². The highest BCUT2D eigenvalue weighted by molar-refractivity contribution is 6.62. The highest BCUT2D eigenvalue weighted by Crippen LogP contribution is 2.40. The molecule has 24 heavy (non-hydrogen) atoms. The van der Waals surface area contributed by atoms with Gasteiger partial charge in [0, 0.05) is 17.8 Å². The van der Waals surface area contributed by atoms with E-state index in [1.807, 2.05) is 0 Å². The van der Waals surface area contributed by atoms with Crippen LogP contribution in [0.5, 0.6) is 0 Å². The van der Waals surface area contributed by atoms with Gasteiger partial charge in [-0.2, -0.15) is 0 Å². The van der Waals surface area contributed by atoms with E-state index in [2.05, 4.69) is 56.9 Å². The molecule has 3 aliphatic heterocycles. The molecule has 3 saturated heterocycles. The van der Waals surface area contributed by atoms with Crippen LogP contribution in [0.15, 0.2) is 24.3 Å². The van der Waals surface area contributed by atoms with Crippen molar-refractivity contribution < 1.29 is 14.4 Å². The molecule has 3 atom stereocenters. The lowest BCUT2D eigenvalue weighted by Gasteiger charge is -2.39. The van der Waals surface area contributed by atoms with E-state index >= 15 is 0 Å². The average molecular weight is 329 g/mol. The Balaban J connectivity index is 1.52. The van der Waals surface area contributed by atoms with Crippen LogP contribution >= 0.6 is 0 Å². The van der Waals surface area contributed by atoms with Crippen molar-refractivity contribution in [3.05, 3.63) is 24.3 Å². The molecule has 4 rings (SSSR count). The van der Waals surface area contributed by atoms with E-state index in [0.717, 1.165) is 18.3 Å².